The first kappa shape index (κ1) is 9.79. The van der Waals surface area contributed by atoms with Crippen molar-refractivity contribution in [1.82, 2.24) is 0 Å². The molecular weight excluding hydrogens is 214 g/mol. The van der Waals surface area contributed by atoms with Gasteiger partial charge in [0, 0.05) is 11.0 Å². The molecule has 0 amide bonds. The zero-order valence-corrected chi connectivity index (χ0v) is 8.53. The molecule has 2 rings (SSSR count). The van der Waals surface area contributed by atoms with Gasteiger partial charge in [-0.2, -0.15) is 0 Å². The average Bonchev–Trinajstić information content (AvgIpc) is 2.42. The standard InChI is InChI=1S/C10H9NO3S/c11-10-9(4-5-15(10,13)14)7-2-1-3-8(12)6-7/h1-6,12H,11H2. The van der Waals surface area contributed by atoms with E-state index in [4.69, 9.17) is 5.73 Å². The van der Waals surface area contributed by atoms with Gasteiger partial charge in [-0.3, -0.25) is 0 Å². The van der Waals surface area contributed by atoms with Gasteiger partial charge in [0.2, 0.25) is 9.84 Å². The van der Waals surface area contributed by atoms with E-state index in [-0.39, 0.29) is 10.8 Å². The first-order chi connectivity index (χ1) is 7.00. The third kappa shape index (κ3) is 1.61. The Morgan fingerprint density at radius 1 is 1.27 bits per heavy atom. The lowest BCUT2D eigenvalue weighted by atomic mass is 10.1. The average molecular weight is 223 g/mol. The van der Waals surface area contributed by atoms with Crippen LogP contribution in [-0.4, -0.2) is 13.5 Å². The third-order valence-electron chi connectivity index (χ3n) is 2.14. The Hall–Kier alpha value is -1.75. The fourth-order valence-electron chi connectivity index (χ4n) is 1.38. The molecule has 0 unspecified atom stereocenters. The van der Waals surface area contributed by atoms with Gasteiger partial charge in [-0.05, 0) is 23.8 Å². The number of hydrogen-bond acceptors (Lipinski definition) is 4. The highest BCUT2D eigenvalue weighted by atomic mass is 32.2. The predicted octanol–water partition coefficient (Wildman–Crippen LogP) is 0.962. The molecule has 0 spiro atoms. The molecule has 0 atom stereocenters. The molecule has 0 radical (unpaired) electrons. The van der Waals surface area contributed by atoms with E-state index in [1.807, 2.05) is 0 Å². The monoisotopic (exact) mass is 223 g/mol. The number of nitrogens with two attached hydrogens (primary N) is 1. The van der Waals surface area contributed by atoms with Crippen molar-refractivity contribution >= 4 is 15.4 Å². The number of allylic oxidation sites excluding steroid dienone is 2. The molecule has 1 aromatic carbocycles. The second-order valence-corrected chi connectivity index (χ2v) is 4.98. The third-order valence-corrected chi connectivity index (χ3v) is 3.47. The predicted molar refractivity (Wildman–Crippen MR) is 57.3 cm³/mol. The summed E-state index contributed by atoms with van der Waals surface area (Å²) in [4.78, 5) is 0. The molecule has 1 aromatic rings. The highest BCUT2D eigenvalue weighted by Gasteiger charge is 2.21. The number of aromatic hydroxyl groups is 1. The number of benzene rings is 1. The number of sulfone groups is 1. The van der Waals surface area contributed by atoms with Gasteiger partial charge >= 0.3 is 0 Å². The SMILES string of the molecule is NC1=C(c2cccc(O)c2)C=CS1(=O)=O. The second-order valence-electron chi connectivity index (χ2n) is 3.18. The van der Waals surface area contributed by atoms with Crippen molar-refractivity contribution in [3.63, 3.8) is 0 Å². The molecule has 78 valence electrons. The molecule has 0 bridgehead atoms. The van der Waals surface area contributed by atoms with Gasteiger partial charge in [0.15, 0.2) is 0 Å². The van der Waals surface area contributed by atoms with E-state index in [0.29, 0.717) is 11.1 Å². The fourth-order valence-corrected chi connectivity index (χ4v) is 2.33. The maximum Gasteiger partial charge on any atom is 0.215 e. The van der Waals surface area contributed by atoms with E-state index in [2.05, 4.69) is 0 Å². The number of phenolic OH excluding ortho intramolecular Hbond substituents is 1. The van der Waals surface area contributed by atoms with Crippen molar-refractivity contribution in [3.05, 3.63) is 46.3 Å². The van der Waals surface area contributed by atoms with Gasteiger partial charge < -0.3 is 10.8 Å². The lowest BCUT2D eigenvalue weighted by Crippen LogP contribution is -2.07. The highest BCUT2D eigenvalue weighted by molar-refractivity contribution is 7.98. The van der Waals surface area contributed by atoms with Gasteiger partial charge in [0.1, 0.15) is 10.8 Å². The van der Waals surface area contributed by atoms with E-state index in [1.54, 1.807) is 12.1 Å². The topological polar surface area (TPSA) is 80.4 Å². The minimum atomic E-state index is -3.44. The van der Waals surface area contributed by atoms with Crippen LogP contribution < -0.4 is 5.73 Å². The van der Waals surface area contributed by atoms with Crippen LogP contribution in [0.4, 0.5) is 0 Å². The van der Waals surface area contributed by atoms with Crippen LogP contribution in [0, 0.1) is 0 Å². The Balaban J connectivity index is 2.60. The summed E-state index contributed by atoms with van der Waals surface area (Å²) in [6, 6.07) is 6.29. The van der Waals surface area contributed by atoms with Crippen LogP contribution in [0.5, 0.6) is 5.75 Å². The fraction of sp³-hybridized carbons (Fsp3) is 0. The zero-order chi connectivity index (χ0) is 11.1. The molecule has 4 nitrogen and oxygen atoms in total. The molecule has 3 N–H and O–H groups in total. The number of phenols is 1. The molecule has 0 aromatic heterocycles. The zero-order valence-electron chi connectivity index (χ0n) is 7.71. The van der Waals surface area contributed by atoms with Crippen LogP contribution in [0.3, 0.4) is 0 Å². The molecule has 15 heavy (non-hydrogen) atoms. The summed E-state index contributed by atoms with van der Waals surface area (Å²) in [5.74, 6) is 0.0745. The summed E-state index contributed by atoms with van der Waals surface area (Å²) in [6.07, 6.45) is 1.43. The van der Waals surface area contributed by atoms with Crippen LogP contribution >= 0.6 is 0 Å². The van der Waals surface area contributed by atoms with Gasteiger partial charge in [-0.25, -0.2) is 8.42 Å². The maximum atomic E-state index is 11.3. The summed E-state index contributed by atoms with van der Waals surface area (Å²) >= 11 is 0. The van der Waals surface area contributed by atoms with Crippen molar-refractivity contribution in [2.45, 2.75) is 0 Å². The summed E-state index contributed by atoms with van der Waals surface area (Å²) < 4.78 is 22.6. The second kappa shape index (κ2) is 3.13. The summed E-state index contributed by atoms with van der Waals surface area (Å²) in [5, 5.41) is 10.1. The van der Waals surface area contributed by atoms with E-state index < -0.39 is 9.84 Å². The van der Waals surface area contributed by atoms with Gasteiger partial charge in [-0.1, -0.05) is 12.1 Å². The lowest BCUT2D eigenvalue weighted by molar-refractivity contribution is 0.475. The molecule has 5 heteroatoms. The quantitative estimate of drug-likeness (QED) is 0.743. The van der Waals surface area contributed by atoms with E-state index in [9.17, 15) is 13.5 Å². The lowest BCUT2D eigenvalue weighted by Gasteiger charge is -2.02. The number of hydrogen-bond donors (Lipinski definition) is 2. The maximum absolute atomic E-state index is 11.3. The molecule has 1 aliphatic heterocycles. The minimum Gasteiger partial charge on any atom is -0.508 e. The molecule has 0 aliphatic carbocycles. The largest absolute Gasteiger partial charge is 0.508 e. The van der Waals surface area contributed by atoms with E-state index in [0.717, 1.165) is 5.41 Å². The van der Waals surface area contributed by atoms with Crippen LogP contribution in [0.15, 0.2) is 40.8 Å². The van der Waals surface area contributed by atoms with Crippen LogP contribution in [0.1, 0.15) is 5.56 Å². The molecule has 0 fully saturated rings. The van der Waals surface area contributed by atoms with Crippen LogP contribution in [-0.2, 0) is 9.84 Å². The molecule has 0 saturated heterocycles. The Kier molecular flexibility index (Phi) is 2.04. The summed E-state index contributed by atoms with van der Waals surface area (Å²) in [5.41, 5.74) is 6.50. The Morgan fingerprint density at radius 3 is 2.53 bits per heavy atom. The minimum absolute atomic E-state index is 0.0745. The first-order valence-electron chi connectivity index (χ1n) is 4.23. The molecular formula is C10H9NO3S. The van der Waals surface area contributed by atoms with Crippen molar-refractivity contribution in [2.75, 3.05) is 0 Å². The Morgan fingerprint density at radius 2 is 2.00 bits per heavy atom. The molecule has 0 saturated carbocycles. The molecule has 1 aliphatic rings. The summed E-state index contributed by atoms with van der Waals surface area (Å²) in [7, 11) is -3.44. The van der Waals surface area contributed by atoms with Crippen molar-refractivity contribution in [2.24, 2.45) is 5.73 Å². The number of rotatable bonds is 1. The van der Waals surface area contributed by atoms with Gasteiger partial charge in [0.25, 0.3) is 0 Å². The van der Waals surface area contributed by atoms with Gasteiger partial charge in [-0.15, -0.1) is 0 Å². The Bertz CT molecular complexity index is 570. The Labute approximate surface area is 87.3 Å². The smallest absolute Gasteiger partial charge is 0.215 e. The highest BCUT2D eigenvalue weighted by Crippen LogP contribution is 2.29. The van der Waals surface area contributed by atoms with Crippen molar-refractivity contribution in [3.8, 4) is 5.75 Å². The van der Waals surface area contributed by atoms with Crippen LogP contribution in [0.25, 0.3) is 5.57 Å². The summed E-state index contributed by atoms with van der Waals surface area (Å²) in [6.45, 7) is 0. The molecule has 1 heterocycles. The van der Waals surface area contributed by atoms with Gasteiger partial charge in [0.05, 0.1) is 0 Å². The van der Waals surface area contributed by atoms with Crippen LogP contribution in [0.2, 0.25) is 0 Å². The van der Waals surface area contributed by atoms with E-state index in [1.165, 1.54) is 18.2 Å². The van der Waals surface area contributed by atoms with E-state index >= 15 is 0 Å². The normalized spacial score (nSPS) is 18.4. The first-order valence-corrected chi connectivity index (χ1v) is 5.78. The van der Waals surface area contributed by atoms with Crippen molar-refractivity contribution in [1.29, 1.82) is 0 Å². The van der Waals surface area contributed by atoms with Crippen molar-refractivity contribution < 1.29 is 13.5 Å².